The fraction of sp³-hybridized carbons (Fsp3) is 0.120. The van der Waals surface area contributed by atoms with Gasteiger partial charge in [-0.25, -0.2) is 9.79 Å². The van der Waals surface area contributed by atoms with Crippen molar-refractivity contribution in [3.8, 4) is 5.75 Å². The Kier molecular flexibility index (Phi) is 5.25. The van der Waals surface area contributed by atoms with Crippen molar-refractivity contribution >= 4 is 17.9 Å². The van der Waals surface area contributed by atoms with Crippen molar-refractivity contribution in [2.45, 2.75) is 20.5 Å². The Balaban J connectivity index is 1.46. The Morgan fingerprint density at radius 3 is 2.38 bits per heavy atom. The van der Waals surface area contributed by atoms with E-state index in [1.165, 1.54) is 5.56 Å². The summed E-state index contributed by atoms with van der Waals surface area (Å²) in [5.41, 5.74) is 5.32. The van der Waals surface area contributed by atoms with E-state index < -0.39 is 5.97 Å². The Bertz CT molecular complexity index is 1090. The Hall–Kier alpha value is -3.66. The van der Waals surface area contributed by atoms with Gasteiger partial charge in [-0.05, 0) is 54.8 Å². The van der Waals surface area contributed by atoms with Crippen molar-refractivity contribution in [2.24, 2.45) is 4.99 Å². The molecule has 1 heterocycles. The molecule has 4 nitrogen and oxygen atoms in total. The van der Waals surface area contributed by atoms with Crippen LogP contribution in [0.2, 0.25) is 0 Å². The molecule has 0 N–H and O–H groups in total. The summed E-state index contributed by atoms with van der Waals surface area (Å²) in [6, 6.07) is 23.5. The van der Waals surface area contributed by atoms with Crippen LogP contribution < -0.4 is 4.74 Å². The lowest BCUT2D eigenvalue weighted by Gasteiger charge is -2.07. The summed E-state index contributed by atoms with van der Waals surface area (Å²) >= 11 is 0. The summed E-state index contributed by atoms with van der Waals surface area (Å²) in [5.74, 6) is 0.672. The van der Waals surface area contributed by atoms with Crippen LogP contribution in [0.3, 0.4) is 0 Å². The summed E-state index contributed by atoms with van der Waals surface area (Å²) < 4.78 is 11.2. The summed E-state index contributed by atoms with van der Waals surface area (Å²) in [4.78, 5) is 16.6. The summed E-state index contributed by atoms with van der Waals surface area (Å²) in [6.45, 7) is 4.53. The van der Waals surface area contributed by atoms with Crippen molar-refractivity contribution in [3.05, 3.63) is 106 Å². The first-order valence-corrected chi connectivity index (χ1v) is 9.45. The summed E-state index contributed by atoms with van der Waals surface area (Å²) in [5, 5.41) is 0. The molecular formula is C25H21NO3. The average molecular weight is 383 g/mol. The molecule has 0 aromatic heterocycles. The molecule has 0 saturated carbocycles. The molecule has 3 aromatic rings. The van der Waals surface area contributed by atoms with Gasteiger partial charge >= 0.3 is 5.97 Å². The third-order valence-electron chi connectivity index (χ3n) is 4.71. The molecule has 4 heteroatoms. The lowest BCUT2D eigenvalue weighted by atomic mass is 10.1. The van der Waals surface area contributed by atoms with Gasteiger partial charge in [0.1, 0.15) is 12.4 Å². The van der Waals surface area contributed by atoms with Gasteiger partial charge in [0.15, 0.2) is 5.70 Å². The number of cyclic esters (lactones) is 1. The van der Waals surface area contributed by atoms with Gasteiger partial charge in [-0.3, -0.25) is 0 Å². The normalized spacial score (nSPS) is 14.6. The maximum atomic E-state index is 12.2. The SMILES string of the molecule is Cc1ccc(COc2ccc(C=C3N=C(c4ccccc4C)OC3=O)cc2)cc1. The molecule has 0 saturated heterocycles. The molecule has 1 aliphatic rings. The molecule has 0 spiro atoms. The molecule has 0 unspecified atom stereocenters. The molecule has 0 aliphatic carbocycles. The van der Waals surface area contributed by atoms with Gasteiger partial charge in [0.2, 0.25) is 5.90 Å². The van der Waals surface area contributed by atoms with Gasteiger partial charge in [0, 0.05) is 5.56 Å². The maximum absolute atomic E-state index is 12.2. The minimum Gasteiger partial charge on any atom is -0.489 e. The molecule has 1 aliphatic heterocycles. The number of aryl methyl sites for hydroxylation is 2. The van der Waals surface area contributed by atoms with Gasteiger partial charge in [0.05, 0.1) is 0 Å². The largest absolute Gasteiger partial charge is 0.489 e. The average Bonchev–Trinajstić information content (AvgIpc) is 3.09. The highest BCUT2D eigenvalue weighted by Crippen LogP contribution is 2.22. The van der Waals surface area contributed by atoms with Gasteiger partial charge in [0.25, 0.3) is 0 Å². The first-order chi connectivity index (χ1) is 14.1. The van der Waals surface area contributed by atoms with Crippen LogP contribution in [0.5, 0.6) is 5.75 Å². The number of rotatable bonds is 5. The maximum Gasteiger partial charge on any atom is 0.363 e. The number of aliphatic imine (C=N–C) groups is 1. The lowest BCUT2D eigenvalue weighted by molar-refractivity contribution is -0.129. The van der Waals surface area contributed by atoms with Crippen molar-refractivity contribution in [2.75, 3.05) is 0 Å². The van der Waals surface area contributed by atoms with E-state index in [2.05, 4.69) is 36.2 Å². The van der Waals surface area contributed by atoms with Crippen LogP contribution in [0.4, 0.5) is 0 Å². The van der Waals surface area contributed by atoms with E-state index in [0.717, 1.165) is 28.0 Å². The molecule has 0 bridgehead atoms. The number of nitrogens with zero attached hydrogens (tertiary/aromatic N) is 1. The third-order valence-corrected chi connectivity index (χ3v) is 4.71. The molecule has 0 radical (unpaired) electrons. The van der Waals surface area contributed by atoms with Crippen LogP contribution in [-0.2, 0) is 16.1 Å². The first-order valence-electron chi connectivity index (χ1n) is 9.45. The minimum absolute atomic E-state index is 0.288. The second-order valence-corrected chi connectivity index (χ2v) is 6.99. The van der Waals surface area contributed by atoms with E-state index in [1.54, 1.807) is 6.08 Å². The van der Waals surface area contributed by atoms with Crippen molar-refractivity contribution in [3.63, 3.8) is 0 Å². The summed E-state index contributed by atoms with van der Waals surface area (Å²) in [7, 11) is 0. The van der Waals surface area contributed by atoms with E-state index in [-0.39, 0.29) is 5.70 Å². The number of esters is 1. The van der Waals surface area contributed by atoms with E-state index in [1.807, 2.05) is 55.5 Å². The first kappa shape index (κ1) is 18.7. The second kappa shape index (κ2) is 8.15. The zero-order chi connectivity index (χ0) is 20.2. The van der Waals surface area contributed by atoms with E-state index in [9.17, 15) is 4.79 Å². The molecular weight excluding hydrogens is 362 g/mol. The fourth-order valence-corrected chi connectivity index (χ4v) is 3.01. The van der Waals surface area contributed by atoms with Crippen molar-refractivity contribution in [1.29, 1.82) is 0 Å². The summed E-state index contributed by atoms with van der Waals surface area (Å²) in [6.07, 6.45) is 1.72. The third kappa shape index (κ3) is 4.43. The predicted octanol–water partition coefficient (Wildman–Crippen LogP) is 5.23. The van der Waals surface area contributed by atoms with Crippen LogP contribution in [-0.4, -0.2) is 11.9 Å². The van der Waals surface area contributed by atoms with Crippen LogP contribution in [0, 0.1) is 13.8 Å². The van der Waals surface area contributed by atoms with Crippen LogP contribution in [0.15, 0.2) is 83.5 Å². The molecule has 0 fully saturated rings. The zero-order valence-electron chi connectivity index (χ0n) is 16.4. The van der Waals surface area contributed by atoms with Crippen LogP contribution in [0.25, 0.3) is 6.08 Å². The molecule has 0 amide bonds. The highest BCUT2D eigenvalue weighted by molar-refractivity contribution is 6.13. The second-order valence-electron chi connectivity index (χ2n) is 6.99. The van der Waals surface area contributed by atoms with Crippen molar-refractivity contribution in [1.82, 2.24) is 0 Å². The van der Waals surface area contributed by atoms with E-state index in [4.69, 9.17) is 9.47 Å². The van der Waals surface area contributed by atoms with Crippen molar-refractivity contribution < 1.29 is 14.3 Å². The van der Waals surface area contributed by atoms with Gasteiger partial charge in [-0.1, -0.05) is 60.2 Å². The molecule has 4 rings (SSSR count). The molecule has 144 valence electrons. The fourth-order valence-electron chi connectivity index (χ4n) is 3.01. The molecule has 3 aromatic carbocycles. The lowest BCUT2D eigenvalue weighted by Crippen LogP contribution is -2.06. The zero-order valence-corrected chi connectivity index (χ0v) is 16.4. The number of carbonyl (C=O) groups is 1. The number of ether oxygens (including phenoxy) is 2. The molecule has 29 heavy (non-hydrogen) atoms. The van der Waals surface area contributed by atoms with E-state index in [0.29, 0.717) is 12.5 Å². The Labute approximate surface area is 170 Å². The van der Waals surface area contributed by atoms with Crippen LogP contribution >= 0.6 is 0 Å². The standard InChI is InChI=1S/C25H21NO3/c1-17-7-9-20(10-8-17)16-28-21-13-11-19(12-14-21)15-23-25(27)29-24(26-23)22-6-4-3-5-18(22)2/h3-15H,16H2,1-2H3. The minimum atomic E-state index is -0.442. The number of hydrogen-bond acceptors (Lipinski definition) is 4. The number of benzene rings is 3. The number of hydrogen-bond donors (Lipinski definition) is 0. The van der Waals surface area contributed by atoms with Crippen LogP contribution in [0.1, 0.15) is 27.8 Å². The Morgan fingerprint density at radius 1 is 0.931 bits per heavy atom. The van der Waals surface area contributed by atoms with Gasteiger partial charge in [-0.15, -0.1) is 0 Å². The van der Waals surface area contributed by atoms with E-state index >= 15 is 0 Å². The smallest absolute Gasteiger partial charge is 0.363 e. The Morgan fingerprint density at radius 2 is 1.66 bits per heavy atom. The highest BCUT2D eigenvalue weighted by Gasteiger charge is 2.24. The van der Waals surface area contributed by atoms with Gasteiger partial charge < -0.3 is 9.47 Å². The highest BCUT2D eigenvalue weighted by atomic mass is 16.6. The monoisotopic (exact) mass is 383 g/mol. The number of carbonyl (C=O) groups excluding carboxylic acids is 1. The van der Waals surface area contributed by atoms with Gasteiger partial charge in [-0.2, -0.15) is 0 Å². The topological polar surface area (TPSA) is 47.9 Å². The molecule has 0 atom stereocenters. The quantitative estimate of drug-likeness (QED) is 0.448. The predicted molar refractivity (Wildman–Crippen MR) is 114 cm³/mol.